The van der Waals surface area contributed by atoms with Crippen molar-refractivity contribution in [2.45, 2.75) is 44.3 Å². The Labute approximate surface area is 313 Å². The molecule has 1 saturated heterocycles. The van der Waals surface area contributed by atoms with Gasteiger partial charge in [0.05, 0.1) is 23.0 Å². The number of carboxylic acid groups (broad SMARTS) is 1. The summed E-state index contributed by atoms with van der Waals surface area (Å²) in [5.41, 5.74) is 2.69. The van der Waals surface area contributed by atoms with Crippen molar-refractivity contribution in [1.29, 1.82) is 0 Å². The number of pyridine rings is 1. The minimum Gasteiger partial charge on any atom is -0.506 e. The molecular formula is C40H40F3N5O7. The second-order valence-corrected chi connectivity index (χ2v) is 13.2. The highest BCUT2D eigenvalue weighted by molar-refractivity contribution is 5.94. The quantitative estimate of drug-likeness (QED) is 0.0776. The first-order chi connectivity index (χ1) is 26.4. The van der Waals surface area contributed by atoms with Crippen LogP contribution in [0, 0.1) is 0 Å². The molecule has 2 amide bonds. The van der Waals surface area contributed by atoms with Crippen LogP contribution in [0.5, 0.6) is 11.5 Å². The maximum absolute atomic E-state index is 13.4. The number of amides is 2. The highest BCUT2D eigenvalue weighted by Gasteiger charge is 2.33. The third kappa shape index (κ3) is 9.81. The third-order valence-electron chi connectivity index (χ3n) is 9.51. The van der Waals surface area contributed by atoms with Gasteiger partial charge in [-0.1, -0.05) is 60.7 Å². The largest absolute Gasteiger partial charge is 0.573 e. The van der Waals surface area contributed by atoms with Crippen LogP contribution in [-0.4, -0.2) is 75.8 Å². The molecule has 6 N–H and O–H groups in total. The number of phenolic OH excluding ortho intramolecular Hbond substituents is 1. The van der Waals surface area contributed by atoms with Crippen molar-refractivity contribution in [1.82, 2.24) is 15.2 Å². The number of nitrogens with one attached hydrogen (secondary N) is 3. The molecule has 6 rings (SSSR count). The number of hydrogen-bond donors (Lipinski definition) is 6. The van der Waals surface area contributed by atoms with Crippen molar-refractivity contribution < 1.29 is 42.8 Å². The van der Waals surface area contributed by atoms with Crippen LogP contribution in [0.1, 0.15) is 36.5 Å². The van der Waals surface area contributed by atoms with E-state index in [-0.39, 0.29) is 42.5 Å². The van der Waals surface area contributed by atoms with Crippen LogP contribution in [0.2, 0.25) is 0 Å². The lowest BCUT2D eigenvalue weighted by molar-refractivity contribution is -0.274. The lowest BCUT2D eigenvalue weighted by Crippen LogP contribution is -2.47. The molecule has 288 valence electrons. The second-order valence-electron chi connectivity index (χ2n) is 13.2. The normalized spacial score (nSPS) is 14.4. The number of aromatic hydroxyl groups is 1. The Balaban J connectivity index is 1.03. The van der Waals surface area contributed by atoms with Crippen LogP contribution < -0.4 is 25.8 Å². The molecule has 55 heavy (non-hydrogen) atoms. The fourth-order valence-electron chi connectivity index (χ4n) is 6.88. The zero-order valence-corrected chi connectivity index (χ0v) is 29.6. The molecule has 0 unspecified atom stereocenters. The van der Waals surface area contributed by atoms with E-state index in [1.807, 2.05) is 47.4 Å². The number of aliphatic hydroxyl groups is 1. The standard InChI is InChI=1S/C40H40F3N5O7/c41-40(42,43)55-35-22-25(23-44-24-34(50)29-11-14-33(49)38-30(29)12-15-36(51)46-38)10-13-31(35)45-37(52)18-21-47-19-16-27(17-20-47)48(39(53)54)32-9-5-4-8-28(32)26-6-2-1-3-7-26/h1-15,22,27,34,44,49-50H,16-21,23-24H2,(H,45,52)(H,46,51)(H,53,54)/t34-/m0/s1. The fourth-order valence-corrected chi connectivity index (χ4v) is 6.88. The molecule has 12 nitrogen and oxygen atoms in total. The van der Waals surface area contributed by atoms with Crippen LogP contribution in [0.15, 0.2) is 102 Å². The molecule has 0 radical (unpaired) electrons. The number of para-hydroxylation sites is 1. The van der Waals surface area contributed by atoms with Crippen molar-refractivity contribution in [3.63, 3.8) is 0 Å². The van der Waals surface area contributed by atoms with Gasteiger partial charge in [0.25, 0.3) is 0 Å². The number of carbonyl (C=O) groups is 2. The van der Waals surface area contributed by atoms with Crippen LogP contribution in [0.4, 0.5) is 29.3 Å². The third-order valence-corrected chi connectivity index (χ3v) is 9.51. The van der Waals surface area contributed by atoms with E-state index >= 15 is 0 Å². The van der Waals surface area contributed by atoms with Gasteiger partial charge < -0.3 is 40.6 Å². The van der Waals surface area contributed by atoms with Crippen molar-refractivity contribution in [2.75, 3.05) is 36.4 Å². The number of phenols is 1. The number of benzene rings is 4. The van der Waals surface area contributed by atoms with Gasteiger partial charge in [0.2, 0.25) is 11.5 Å². The summed E-state index contributed by atoms with van der Waals surface area (Å²) < 4.78 is 44.4. The molecular weight excluding hydrogens is 719 g/mol. The molecule has 5 aromatic rings. The van der Waals surface area contributed by atoms with E-state index in [1.165, 1.54) is 41.3 Å². The minimum atomic E-state index is -5.03. The van der Waals surface area contributed by atoms with Crippen molar-refractivity contribution in [3.8, 4) is 22.6 Å². The molecule has 0 saturated carbocycles. The van der Waals surface area contributed by atoms with Gasteiger partial charge in [0.15, 0.2) is 5.75 Å². The van der Waals surface area contributed by atoms with Gasteiger partial charge in [0, 0.05) is 62.2 Å². The molecule has 1 aromatic heterocycles. The van der Waals surface area contributed by atoms with Gasteiger partial charge in [-0.05, 0) is 59.9 Å². The summed E-state index contributed by atoms with van der Waals surface area (Å²) in [7, 11) is 0. The number of anilines is 2. The summed E-state index contributed by atoms with van der Waals surface area (Å²) in [6.45, 7) is 1.39. The Hall–Kier alpha value is -5.90. The molecule has 1 fully saturated rings. The number of alkyl halides is 3. The summed E-state index contributed by atoms with van der Waals surface area (Å²) >= 11 is 0. The van der Waals surface area contributed by atoms with Crippen molar-refractivity contribution >= 4 is 34.3 Å². The number of hydrogen-bond acceptors (Lipinski definition) is 8. The highest BCUT2D eigenvalue weighted by atomic mass is 19.4. The number of halogens is 3. The van der Waals surface area contributed by atoms with Crippen molar-refractivity contribution in [2.24, 2.45) is 0 Å². The number of piperidine rings is 1. The van der Waals surface area contributed by atoms with E-state index in [0.717, 1.165) is 17.2 Å². The van der Waals surface area contributed by atoms with Crippen LogP contribution in [0.3, 0.4) is 0 Å². The van der Waals surface area contributed by atoms with E-state index in [9.17, 15) is 42.9 Å². The number of aromatic nitrogens is 1. The fraction of sp³-hybridized carbons (Fsp3) is 0.275. The SMILES string of the molecule is O=C(CCN1CCC(N(C(=O)O)c2ccccc2-c2ccccc2)CC1)Nc1ccc(CNC[C@H](O)c2ccc(O)c3[nH]c(=O)ccc23)cc1OC(F)(F)F. The molecule has 1 aliphatic heterocycles. The molecule has 1 atom stereocenters. The summed E-state index contributed by atoms with van der Waals surface area (Å²) in [4.78, 5) is 43.2. The molecule has 0 aliphatic carbocycles. The Morgan fingerprint density at radius 2 is 1.69 bits per heavy atom. The maximum atomic E-state index is 13.4. The monoisotopic (exact) mass is 759 g/mol. The first-order valence-corrected chi connectivity index (χ1v) is 17.7. The molecule has 1 aliphatic rings. The predicted octanol–water partition coefficient (Wildman–Crippen LogP) is 6.60. The van der Waals surface area contributed by atoms with Crippen molar-refractivity contribution in [3.05, 3.63) is 119 Å². The smallest absolute Gasteiger partial charge is 0.506 e. The molecule has 15 heteroatoms. The molecule has 2 heterocycles. The average Bonchev–Trinajstić information content (AvgIpc) is 3.16. The predicted molar refractivity (Wildman–Crippen MR) is 201 cm³/mol. The van der Waals surface area contributed by atoms with Gasteiger partial charge in [-0.3, -0.25) is 14.5 Å². The van der Waals surface area contributed by atoms with E-state index in [4.69, 9.17) is 0 Å². The lowest BCUT2D eigenvalue weighted by atomic mass is 9.98. The number of aromatic amines is 1. The molecule has 4 aromatic carbocycles. The van der Waals surface area contributed by atoms with Crippen LogP contribution in [-0.2, 0) is 11.3 Å². The number of rotatable bonds is 13. The van der Waals surface area contributed by atoms with E-state index in [2.05, 4.69) is 20.4 Å². The second kappa shape index (κ2) is 17.1. The number of ether oxygens (including phenoxy) is 1. The number of carbonyl (C=O) groups excluding carboxylic acids is 1. The lowest BCUT2D eigenvalue weighted by Gasteiger charge is -2.37. The Kier molecular flexibility index (Phi) is 12.0. The molecule has 0 bridgehead atoms. The number of fused-ring (bicyclic) bond motifs is 1. The van der Waals surface area contributed by atoms with E-state index < -0.39 is 35.8 Å². The van der Waals surface area contributed by atoms with Gasteiger partial charge in [0.1, 0.15) is 5.75 Å². The first kappa shape index (κ1) is 38.8. The minimum absolute atomic E-state index is 0.0144. The molecule has 0 spiro atoms. The highest BCUT2D eigenvalue weighted by Crippen LogP contribution is 2.35. The zero-order chi connectivity index (χ0) is 39.1. The van der Waals surface area contributed by atoms with Gasteiger partial charge in [-0.25, -0.2) is 4.79 Å². The number of likely N-dealkylation sites (tertiary alicyclic amines) is 1. The summed E-state index contributed by atoms with van der Waals surface area (Å²) in [6, 6.07) is 26.2. The van der Waals surface area contributed by atoms with Crippen LogP contribution in [0.25, 0.3) is 22.0 Å². The Morgan fingerprint density at radius 1 is 0.964 bits per heavy atom. The van der Waals surface area contributed by atoms with E-state index in [0.29, 0.717) is 54.7 Å². The summed E-state index contributed by atoms with van der Waals surface area (Å²) in [5, 5.41) is 37.1. The van der Waals surface area contributed by atoms with Gasteiger partial charge >= 0.3 is 12.5 Å². The summed E-state index contributed by atoms with van der Waals surface area (Å²) in [6.07, 6.45) is -6.13. The van der Waals surface area contributed by atoms with Crippen LogP contribution >= 0.6 is 0 Å². The Bertz CT molecular complexity index is 2190. The van der Waals surface area contributed by atoms with Gasteiger partial charge in [-0.15, -0.1) is 13.2 Å². The summed E-state index contributed by atoms with van der Waals surface area (Å²) in [5.74, 6) is -1.28. The maximum Gasteiger partial charge on any atom is 0.573 e. The topological polar surface area (TPSA) is 167 Å². The average molecular weight is 760 g/mol. The number of H-pyrrole nitrogens is 1. The first-order valence-electron chi connectivity index (χ1n) is 17.7. The van der Waals surface area contributed by atoms with Gasteiger partial charge in [-0.2, -0.15) is 0 Å². The zero-order valence-electron chi connectivity index (χ0n) is 29.6. The Morgan fingerprint density at radius 3 is 2.42 bits per heavy atom. The number of aliphatic hydroxyl groups excluding tert-OH is 1. The van der Waals surface area contributed by atoms with E-state index in [1.54, 1.807) is 12.1 Å². The number of nitrogens with zero attached hydrogens (tertiary/aromatic N) is 2.